The van der Waals surface area contributed by atoms with Crippen LogP contribution in [0.3, 0.4) is 0 Å². The summed E-state index contributed by atoms with van der Waals surface area (Å²) in [5.41, 5.74) is -0.409. The number of carbonyl (C=O) groups is 1. The average Bonchev–Trinajstić information content (AvgIpc) is 1.89. The molecule has 0 spiro atoms. The maximum absolute atomic E-state index is 11.2. The van der Waals surface area contributed by atoms with Crippen LogP contribution in [-0.4, -0.2) is 18.4 Å². The fourth-order valence-corrected chi connectivity index (χ4v) is 0.526. The van der Waals surface area contributed by atoms with E-state index in [2.05, 4.69) is 11.9 Å². The van der Waals surface area contributed by atoms with Crippen molar-refractivity contribution in [3.63, 3.8) is 0 Å². The molecule has 2 heteroatoms. The van der Waals surface area contributed by atoms with E-state index in [1.807, 2.05) is 13.8 Å². The van der Waals surface area contributed by atoms with Crippen LogP contribution in [0.2, 0.25) is 0 Å². The van der Waals surface area contributed by atoms with Crippen molar-refractivity contribution in [1.82, 2.24) is 5.32 Å². The quantitative estimate of drug-likeness (QED) is 0.595. The van der Waals surface area contributed by atoms with Gasteiger partial charge in [-0.2, -0.15) is 0 Å². The summed E-state index contributed by atoms with van der Waals surface area (Å²) in [7, 11) is 1.78. The number of carbonyl (C=O) groups excluding carboxylic acids is 1. The van der Waals surface area contributed by atoms with E-state index in [1.165, 1.54) is 0 Å². The molecule has 0 aromatic rings. The largest absolute Gasteiger partial charge is 0.308 e. The Kier molecular flexibility index (Phi) is 3.30. The van der Waals surface area contributed by atoms with E-state index in [0.29, 0.717) is 6.42 Å². The first kappa shape index (κ1) is 9.37. The Hall–Kier alpha value is -0.630. The first-order valence-electron chi connectivity index (χ1n) is 3.37. The third-order valence-electron chi connectivity index (χ3n) is 1.65. The Bertz CT molecular complexity index is 138. The molecule has 0 aliphatic carbocycles. The molecule has 0 aromatic heterocycles. The SMILES string of the molecule is C=CCC(=O)C(C)(C)NC. The van der Waals surface area contributed by atoms with Crippen LogP contribution in [0.15, 0.2) is 12.7 Å². The zero-order chi connectivity index (χ0) is 8.20. The van der Waals surface area contributed by atoms with Crippen molar-refractivity contribution >= 4 is 5.78 Å². The average molecular weight is 141 g/mol. The van der Waals surface area contributed by atoms with Crippen LogP contribution in [-0.2, 0) is 4.79 Å². The molecule has 0 radical (unpaired) electrons. The topological polar surface area (TPSA) is 29.1 Å². The van der Waals surface area contributed by atoms with Crippen molar-refractivity contribution in [3.05, 3.63) is 12.7 Å². The van der Waals surface area contributed by atoms with Crippen LogP contribution in [0.1, 0.15) is 20.3 Å². The highest BCUT2D eigenvalue weighted by Gasteiger charge is 2.22. The number of ketones is 1. The maximum Gasteiger partial charge on any atom is 0.156 e. The van der Waals surface area contributed by atoms with E-state index >= 15 is 0 Å². The minimum atomic E-state index is -0.409. The monoisotopic (exact) mass is 141 g/mol. The van der Waals surface area contributed by atoms with Crippen molar-refractivity contribution < 1.29 is 4.79 Å². The highest BCUT2D eigenvalue weighted by molar-refractivity contribution is 5.88. The van der Waals surface area contributed by atoms with Crippen molar-refractivity contribution in [1.29, 1.82) is 0 Å². The summed E-state index contributed by atoms with van der Waals surface area (Å²) in [5, 5.41) is 2.93. The van der Waals surface area contributed by atoms with Crippen LogP contribution in [0.25, 0.3) is 0 Å². The van der Waals surface area contributed by atoms with E-state index in [1.54, 1.807) is 13.1 Å². The predicted octanol–water partition coefficient (Wildman–Crippen LogP) is 1.13. The van der Waals surface area contributed by atoms with E-state index in [4.69, 9.17) is 0 Å². The van der Waals surface area contributed by atoms with Crippen LogP contribution >= 0.6 is 0 Å². The maximum atomic E-state index is 11.2. The number of hydrogen-bond acceptors (Lipinski definition) is 2. The Morgan fingerprint density at radius 1 is 1.70 bits per heavy atom. The highest BCUT2D eigenvalue weighted by Crippen LogP contribution is 2.05. The number of allylic oxidation sites excluding steroid dienone is 1. The lowest BCUT2D eigenvalue weighted by molar-refractivity contribution is -0.123. The molecule has 0 aliphatic rings. The van der Waals surface area contributed by atoms with Crippen LogP contribution < -0.4 is 5.32 Å². The van der Waals surface area contributed by atoms with Gasteiger partial charge in [-0.1, -0.05) is 6.08 Å². The normalized spacial score (nSPS) is 11.1. The smallest absolute Gasteiger partial charge is 0.156 e. The van der Waals surface area contributed by atoms with Gasteiger partial charge in [0.05, 0.1) is 5.54 Å². The molecule has 0 amide bonds. The molecular weight excluding hydrogens is 126 g/mol. The second kappa shape index (κ2) is 3.52. The third-order valence-corrected chi connectivity index (χ3v) is 1.65. The van der Waals surface area contributed by atoms with Gasteiger partial charge in [-0.15, -0.1) is 6.58 Å². The van der Waals surface area contributed by atoms with Crippen LogP contribution in [0, 0.1) is 0 Å². The van der Waals surface area contributed by atoms with Gasteiger partial charge in [0.15, 0.2) is 5.78 Å². The molecule has 2 nitrogen and oxygen atoms in total. The molecule has 0 bridgehead atoms. The molecule has 58 valence electrons. The molecule has 1 N–H and O–H groups in total. The lowest BCUT2D eigenvalue weighted by Gasteiger charge is -2.21. The van der Waals surface area contributed by atoms with Gasteiger partial charge in [-0.25, -0.2) is 0 Å². The summed E-state index contributed by atoms with van der Waals surface area (Å²) in [6.07, 6.45) is 2.06. The Labute approximate surface area is 62.3 Å². The summed E-state index contributed by atoms with van der Waals surface area (Å²) < 4.78 is 0. The molecular formula is C8H15NO. The molecule has 0 unspecified atom stereocenters. The summed E-state index contributed by atoms with van der Waals surface area (Å²) in [5.74, 6) is 0.171. The van der Waals surface area contributed by atoms with Crippen molar-refractivity contribution in [2.24, 2.45) is 0 Å². The molecule has 0 saturated carbocycles. The number of likely N-dealkylation sites (N-methyl/N-ethyl adjacent to an activating group) is 1. The summed E-state index contributed by atoms with van der Waals surface area (Å²) >= 11 is 0. The van der Waals surface area contributed by atoms with Gasteiger partial charge in [0.2, 0.25) is 0 Å². The lowest BCUT2D eigenvalue weighted by Crippen LogP contribution is -2.44. The number of nitrogens with one attached hydrogen (secondary N) is 1. The lowest BCUT2D eigenvalue weighted by atomic mass is 9.97. The minimum absolute atomic E-state index is 0.171. The van der Waals surface area contributed by atoms with E-state index in [-0.39, 0.29) is 5.78 Å². The first-order chi connectivity index (χ1) is 4.54. The predicted molar refractivity (Wildman–Crippen MR) is 43.0 cm³/mol. The Morgan fingerprint density at radius 2 is 2.20 bits per heavy atom. The second-order valence-electron chi connectivity index (χ2n) is 2.79. The van der Waals surface area contributed by atoms with E-state index < -0.39 is 5.54 Å². The van der Waals surface area contributed by atoms with Crippen molar-refractivity contribution in [2.75, 3.05) is 7.05 Å². The van der Waals surface area contributed by atoms with Gasteiger partial charge < -0.3 is 5.32 Å². The first-order valence-corrected chi connectivity index (χ1v) is 3.37. The highest BCUT2D eigenvalue weighted by atomic mass is 16.1. The molecule has 0 fully saturated rings. The van der Waals surface area contributed by atoms with Crippen molar-refractivity contribution in [3.8, 4) is 0 Å². The molecule has 0 atom stereocenters. The van der Waals surface area contributed by atoms with Gasteiger partial charge in [0.1, 0.15) is 0 Å². The number of hydrogen-bond donors (Lipinski definition) is 1. The van der Waals surface area contributed by atoms with Crippen LogP contribution in [0.5, 0.6) is 0 Å². The second-order valence-corrected chi connectivity index (χ2v) is 2.79. The molecule has 0 saturated heterocycles. The van der Waals surface area contributed by atoms with Gasteiger partial charge in [0, 0.05) is 6.42 Å². The molecule has 0 rings (SSSR count). The van der Waals surface area contributed by atoms with Gasteiger partial charge >= 0.3 is 0 Å². The zero-order valence-electron chi connectivity index (χ0n) is 6.90. The Morgan fingerprint density at radius 3 is 2.50 bits per heavy atom. The number of Topliss-reactive ketones (excluding diaryl/α,β-unsaturated/α-hetero) is 1. The zero-order valence-corrected chi connectivity index (χ0v) is 6.90. The van der Waals surface area contributed by atoms with Gasteiger partial charge in [-0.3, -0.25) is 4.79 Å². The standard InChI is InChI=1S/C8H15NO/c1-5-6-7(10)8(2,3)9-4/h5,9H,1,6H2,2-4H3. The van der Waals surface area contributed by atoms with Gasteiger partial charge in [0.25, 0.3) is 0 Å². The fraction of sp³-hybridized carbons (Fsp3) is 0.625. The summed E-state index contributed by atoms with van der Waals surface area (Å²) in [4.78, 5) is 11.2. The third kappa shape index (κ3) is 2.31. The summed E-state index contributed by atoms with van der Waals surface area (Å²) in [6, 6.07) is 0. The summed E-state index contributed by atoms with van der Waals surface area (Å²) in [6.45, 7) is 7.22. The molecule has 10 heavy (non-hydrogen) atoms. The van der Waals surface area contributed by atoms with Crippen molar-refractivity contribution in [2.45, 2.75) is 25.8 Å². The Balaban J connectivity index is 4.03. The van der Waals surface area contributed by atoms with E-state index in [0.717, 1.165) is 0 Å². The van der Waals surface area contributed by atoms with E-state index in [9.17, 15) is 4.79 Å². The molecule has 0 heterocycles. The molecule has 0 aromatic carbocycles. The minimum Gasteiger partial charge on any atom is -0.308 e. The van der Waals surface area contributed by atoms with Gasteiger partial charge in [-0.05, 0) is 20.9 Å². The fourth-order valence-electron chi connectivity index (χ4n) is 0.526. The molecule has 0 aliphatic heterocycles. The van der Waals surface area contributed by atoms with Crippen LogP contribution in [0.4, 0.5) is 0 Å². The number of rotatable bonds is 4.